The van der Waals surface area contributed by atoms with Crippen LogP contribution >= 0.6 is 0 Å². The fourth-order valence-corrected chi connectivity index (χ4v) is 0.805. The van der Waals surface area contributed by atoms with Gasteiger partial charge >= 0.3 is 0 Å². The Morgan fingerprint density at radius 1 is 1.20 bits per heavy atom. The molecule has 0 heterocycles. The zero-order chi connectivity index (χ0) is 6.85. The number of aryl methyl sites for hydroxylation is 2. The standard InChI is InChI=1S/C8H10O.Ac/c1-6-3-4-8(9)7(2)5-6;/h3-5,9H,1-2H3;. The number of phenolic OH excluding ortho intramolecular Hbond substituents is 1. The van der Waals surface area contributed by atoms with Crippen LogP contribution in [0.15, 0.2) is 18.2 Å². The van der Waals surface area contributed by atoms with Crippen LogP contribution < -0.4 is 0 Å². The minimum atomic E-state index is 0. The molecule has 0 aliphatic rings. The third-order valence-electron chi connectivity index (χ3n) is 1.35. The van der Waals surface area contributed by atoms with Gasteiger partial charge < -0.3 is 5.11 Å². The predicted molar refractivity (Wildman–Crippen MR) is 37.6 cm³/mol. The van der Waals surface area contributed by atoms with Crippen LogP contribution in [0.2, 0.25) is 0 Å². The minimum Gasteiger partial charge on any atom is -0.508 e. The van der Waals surface area contributed by atoms with Crippen LogP contribution in [-0.2, 0) is 0 Å². The molecule has 1 aromatic carbocycles. The van der Waals surface area contributed by atoms with Crippen molar-refractivity contribution in [2.24, 2.45) is 0 Å². The van der Waals surface area contributed by atoms with Gasteiger partial charge in [0.15, 0.2) is 0 Å². The molecular formula is C8H10AcO. The molecule has 0 amide bonds. The summed E-state index contributed by atoms with van der Waals surface area (Å²) in [4.78, 5) is 0. The Kier molecular flexibility index (Phi) is 4.56. The van der Waals surface area contributed by atoms with Gasteiger partial charge in [0.2, 0.25) is 0 Å². The summed E-state index contributed by atoms with van der Waals surface area (Å²) in [6.07, 6.45) is 0. The second kappa shape index (κ2) is 4.36. The molecule has 0 bridgehead atoms. The summed E-state index contributed by atoms with van der Waals surface area (Å²) in [5, 5.41) is 9.04. The summed E-state index contributed by atoms with van der Waals surface area (Å²) < 4.78 is 0. The summed E-state index contributed by atoms with van der Waals surface area (Å²) >= 11 is 0. The van der Waals surface area contributed by atoms with E-state index in [0.717, 1.165) is 5.56 Å². The van der Waals surface area contributed by atoms with E-state index >= 15 is 0 Å². The van der Waals surface area contributed by atoms with E-state index in [1.54, 1.807) is 6.07 Å². The van der Waals surface area contributed by atoms with Crippen molar-refractivity contribution < 1.29 is 49.2 Å². The van der Waals surface area contributed by atoms with Crippen LogP contribution in [0.25, 0.3) is 0 Å². The molecule has 1 rings (SSSR count). The van der Waals surface area contributed by atoms with Crippen molar-refractivity contribution in [3.63, 3.8) is 0 Å². The molecule has 0 saturated carbocycles. The summed E-state index contributed by atoms with van der Waals surface area (Å²) in [5.74, 6) is 0.376. The summed E-state index contributed by atoms with van der Waals surface area (Å²) in [6, 6.07) is 5.56. The molecule has 10 heavy (non-hydrogen) atoms. The summed E-state index contributed by atoms with van der Waals surface area (Å²) in [7, 11) is 0. The molecular weight excluding hydrogens is 339 g/mol. The van der Waals surface area contributed by atoms with Gasteiger partial charge in [-0.25, -0.2) is 0 Å². The molecule has 0 atom stereocenters. The molecule has 0 saturated heterocycles. The number of benzene rings is 1. The van der Waals surface area contributed by atoms with Gasteiger partial charge in [0, 0.05) is 44.1 Å². The molecule has 1 radical (unpaired) electrons. The fourth-order valence-electron chi connectivity index (χ4n) is 0.805. The predicted octanol–water partition coefficient (Wildman–Crippen LogP) is 2.01. The zero-order valence-electron chi connectivity index (χ0n) is 6.26. The van der Waals surface area contributed by atoms with Gasteiger partial charge in [-0.3, -0.25) is 0 Å². The normalized spacial score (nSPS) is 8.60. The monoisotopic (exact) mass is 349 g/mol. The van der Waals surface area contributed by atoms with Gasteiger partial charge in [-0.05, 0) is 25.5 Å². The first-order valence-corrected chi connectivity index (χ1v) is 2.96. The van der Waals surface area contributed by atoms with Gasteiger partial charge in [-0.15, -0.1) is 0 Å². The van der Waals surface area contributed by atoms with E-state index in [2.05, 4.69) is 0 Å². The van der Waals surface area contributed by atoms with Crippen LogP contribution in [0.4, 0.5) is 0 Å². The van der Waals surface area contributed by atoms with Gasteiger partial charge in [0.25, 0.3) is 0 Å². The third-order valence-corrected chi connectivity index (χ3v) is 1.35. The summed E-state index contributed by atoms with van der Waals surface area (Å²) in [6.45, 7) is 3.90. The van der Waals surface area contributed by atoms with E-state index in [-0.39, 0.29) is 44.1 Å². The Bertz CT molecular complexity index is 220. The van der Waals surface area contributed by atoms with E-state index in [1.165, 1.54) is 5.56 Å². The first kappa shape index (κ1) is 10.5. The summed E-state index contributed by atoms with van der Waals surface area (Å²) in [5.41, 5.74) is 2.13. The van der Waals surface area contributed by atoms with Crippen molar-refractivity contribution in [2.45, 2.75) is 13.8 Å². The molecule has 2 heteroatoms. The van der Waals surface area contributed by atoms with Crippen molar-refractivity contribution in [3.8, 4) is 5.75 Å². The molecule has 1 aromatic rings. The quantitative estimate of drug-likeness (QED) is 0.760. The van der Waals surface area contributed by atoms with E-state index in [0.29, 0.717) is 5.75 Å². The smallest absolute Gasteiger partial charge is 0.118 e. The maximum absolute atomic E-state index is 9.04. The molecule has 1 N–H and O–H groups in total. The molecule has 51 valence electrons. The van der Waals surface area contributed by atoms with Crippen molar-refractivity contribution in [3.05, 3.63) is 29.3 Å². The molecule has 0 unspecified atom stereocenters. The Morgan fingerprint density at radius 3 is 2.20 bits per heavy atom. The molecule has 0 aliphatic heterocycles. The Morgan fingerprint density at radius 2 is 1.80 bits per heavy atom. The molecule has 1 nitrogen and oxygen atoms in total. The van der Waals surface area contributed by atoms with Crippen molar-refractivity contribution >= 4 is 0 Å². The van der Waals surface area contributed by atoms with Crippen LogP contribution in [0.3, 0.4) is 0 Å². The first-order chi connectivity index (χ1) is 4.20. The maximum atomic E-state index is 9.04. The number of rotatable bonds is 0. The van der Waals surface area contributed by atoms with Crippen molar-refractivity contribution in [2.75, 3.05) is 0 Å². The van der Waals surface area contributed by atoms with Crippen LogP contribution in [-0.4, -0.2) is 5.11 Å². The van der Waals surface area contributed by atoms with Gasteiger partial charge in [0.1, 0.15) is 5.75 Å². The van der Waals surface area contributed by atoms with Crippen LogP contribution in [0.1, 0.15) is 11.1 Å². The Labute approximate surface area is 97.0 Å². The first-order valence-electron chi connectivity index (χ1n) is 2.96. The van der Waals surface area contributed by atoms with Crippen LogP contribution in [0.5, 0.6) is 5.75 Å². The second-order valence-electron chi connectivity index (χ2n) is 2.29. The number of hydrogen-bond acceptors (Lipinski definition) is 1. The Balaban J connectivity index is 0.000000810. The van der Waals surface area contributed by atoms with Crippen molar-refractivity contribution in [1.29, 1.82) is 0 Å². The van der Waals surface area contributed by atoms with E-state index in [9.17, 15) is 0 Å². The molecule has 0 spiro atoms. The van der Waals surface area contributed by atoms with E-state index in [1.807, 2.05) is 26.0 Å². The van der Waals surface area contributed by atoms with E-state index in [4.69, 9.17) is 5.11 Å². The molecule has 0 aliphatic carbocycles. The fraction of sp³-hybridized carbons (Fsp3) is 0.250. The number of phenols is 1. The topological polar surface area (TPSA) is 20.2 Å². The SMILES string of the molecule is Cc1ccc(O)c(C)c1.[Ac]. The van der Waals surface area contributed by atoms with Gasteiger partial charge in [-0.2, -0.15) is 0 Å². The van der Waals surface area contributed by atoms with Crippen molar-refractivity contribution in [1.82, 2.24) is 0 Å². The average molecular weight is 349 g/mol. The Hall–Kier alpha value is 0.462. The average Bonchev–Trinajstić information content (AvgIpc) is 1.80. The zero-order valence-corrected chi connectivity index (χ0v) is 11.0. The second-order valence-corrected chi connectivity index (χ2v) is 2.29. The molecule has 0 fully saturated rings. The molecule has 0 aromatic heterocycles. The third kappa shape index (κ3) is 2.60. The van der Waals surface area contributed by atoms with Gasteiger partial charge in [0.05, 0.1) is 0 Å². The van der Waals surface area contributed by atoms with Gasteiger partial charge in [-0.1, -0.05) is 17.7 Å². The number of hydrogen-bond donors (Lipinski definition) is 1. The van der Waals surface area contributed by atoms with E-state index < -0.39 is 0 Å². The van der Waals surface area contributed by atoms with Crippen LogP contribution in [0, 0.1) is 57.9 Å². The minimum absolute atomic E-state index is 0. The largest absolute Gasteiger partial charge is 0.508 e. The number of aromatic hydroxyl groups is 1. The maximum Gasteiger partial charge on any atom is 0.118 e.